The monoisotopic (exact) mass is 738 g/mol. The van der Waals surface area contributed by atoms with Crippen molar-refractivity contribution in [3.63, 3.8) is 0 Å². The van der Waals surface area contributed by atoms with Crippen molar-refractivity contribution in [3.8, 4) is 39.1 Å². The molecule has 0 radical (unpaired) electrons. The molecule has 0 saturated carbocycles. The Bertz CT molecular complexity index is 3290. The zero-order valence-corrected chi connectivity index (χ0v) is 31.8. The molecule has 0 N–H and O–H groups in total. The van der Waals surface area contributed by atoms with Gasteiger partial charge < -0.3 is 9.47 Å². The van der Waals surface area contributed by atoms with Crippen LogP contribution in [0.25, 0.3) is 82.4 Å². The second kappa shape index (κ2) is 14.1. The molecule has 0 amide bonds. The van der Waals surface area contributed by atoms with Crippen LogP contribution in [0.4, 0.5) is 17.1 Å². The first-order chi connectivity index (χ1) is 28.8. The van der Waals surface area contributed by atoms with Crippen LogP contribution in [-0.4, -0.2) is 4.57 Å². The highest BCUT2D eigenvalue weighted by Crippen LogP contribution is 2.47. The van der Waals surface area contributed by atoms with Crippen molar-refractivity contribution >= 4 is 60.4 Å². The minimum atomic E-state index is 1.10. The smallest absolute Gasteiger partial charge is 0.0562 e. The van der Waals surface area contributed by atoms with E-state index in [4.69, 9.17) is 0 Å². The molecule has 11 rings (SSSR count). The number of aromatic nitrogens is 1. The summed E-state index contributed by atoms with van der Waals surface area (Å²) in [4.78, 5) is 2.44. The Balaban J connectivity index is 1.19. The number of benzene rings is 10. The standard InChI is InChI=1S/C56H38N2/c1-3-18-41(19-4-1)48-24-11-13-26-51(48)57(47-22-5-2-6-23-47)54-28-15-29-55-56(54)49-25-12-14-27-52(49)58(55)53-35-34-45(44-32-30-39-16-7-9-20-42(39)36-44)38-50(53)46-33-31-40-17-8-10-21-43(40)37-46/h1-38H. The highest BCUT2D eigenvalue weighted by molar-refractivity contribution is 6.17. The molecular weight excluding hydrogens is 701 g/mol. The zero-order valence-electron chi connectivity index (χ0n) is 31.8. The van der Waals surface area contributed by atoms with E-state index < -0.39 is 0 Å². The van der Waals surface area contributed by atoms with E-state index in [1.165, 1.54) is 65.7 Å². The summed E-state index contributed by atoms with van der Waals surface area (Å²) in [6.07, 6.45) is 0. The van der Waals surface area contributed by atoms with Gasteiger partial charge in [0, 0.05) is 27.6 Å². The molecule has 0 bridgehead atoms. The van der Waals surface area contributed by atoms with E-state index in [9.17, 15) is 0 Å². The van der Waals surface area contributed by atoms with Gasteiger partial charge in [0.15, 0.2) is 0 Å². The van der Waals surface area contributed by atoms with Gasteiger partial charge in [-0.2, -0.15) is 0 Å². The topological polar surface area (TPSA) is 8.17 Å². The van der Waals surface area contributed by atoms with E-state index in [-0.39, 0.29) is 0 Å². The SMILES string of the molecule is c1ccc(-c2ccccc2N(c2ccccc2)c2cccc3c2c2ccccc2n3-c2ccc(-c3ccc4ccccc4c3)cc2-c2ccc3ccccc3c2)cc1. The summed E-state index contributed by atoms with van der Waals surface area (Å²) in [6.45, 7) is 0. The molecule has 1 aromatic heterocycles. The zero-order chi connectivity index (χ0) is 38.4. The van der Waals surface area contributed by atoms with Crippen LogP contribution in [-0.2, 0) is 0 Å². The summed E-state index contributed by atoms with van der Waals surface area (Å²) in [5, 5.41) is 7.35. The van der Waals surface area contributed by atoms with Crippen LogP contribution in [0.3, 0.4) is 0 Å². The molecule has 272 valence electrons. The maximum atomic E-state index is 2.48. The Morgan fingerprint density at radius 1 is 0.310 bits per heavy atom. The molecule has 0 unspecified atom stereocenters. The quantitative estimate of drug-likeness (QED) is 0.158. The first-order valence-electron chi connectivity index (χ1n) is 19.9. The van der Waals surface area contributed by atoms with Crippen molar-refractivity contribution in [2.75, 3.05) is 4.90 Å². The molecule has 58 heavy (non-hydrogen) atoms. The molecule has 10 aromatic carbocycles. The van der Waals surface area contributed by atoms with Crippen molar-refractivity contribution in [1.29, 1.82) is 0 Å². The molecule has 0 aliphatic rings. The van der Waals surface area contributed by atoms with E-state index in [0.29, 0.717) is 0 Å². The maximum Gasteiger partial charge on any atom is 0.0562 e. The summed E-state index contributed by atoms with van der Waals surface area (Å²) in [6, 6.07) is 83.8. The average Bonchev–Trinajstić information content (AvgIpc) is 3.64. The summed E-state index contributed by atoms with van der Waals surface area (Å²) in [7, 11) is 0. The van der Waals surface area contributed by atoms with E-state index >= 15 is 0 Å². The number of nitrogens with zero attached hydrogens (tertiary/aromatic N) is 2. The summed E-state index contributed by atoms with van der Waals surface area (Å²) in [5.74, 6) is 0. The van der Waals surface area contributed by atoms with Gasteiger partial charge >= 0.3 is 0 Å². The fourth-order valence-corrected chi connectivity index (χ4v) is 8.83. The molecule has 0 fully saturated rings. The van der Waals surface area contributed by atoms with Gasteiger partial charge in [0.1, 0.15) is 0 Å². The van der Waals surface area contributed by atoms with Gasteiger partial charge in [0.2, 0.25) is 0 Å². The van der Waals surface area contributed by atoms with Crippen LogP contribution in [0.15, 0.2) is 231 Å². The number of rotatable bonds is 7. The third-order valence-corrected chi connectivity index (χ3v) is 11.5. The number of hydrogen-bond donors (Lipinski definition) is 0. The Morgan fingerprint density at radius 3 is 1.64 bits per heavy atom. The predicted molar refractivity (Wildman–Crippen MR) is 247 cm³/mol. The fraction of sp³-hybridized carbons (Fsp3) is 0. The molecule has 0 aliphatic carbocycles. The Hall–Kier alpha value is -7.68. The van der Waals surface area contributed by atoms with Gasteiger partial charge in [-0.05, 0) is 104 Å². The Morgan fingerprint density at radius 2 is 0.862 bits per heavy atom. The number of para-hydroxylation sites is 3. The van der Waals surface area contributed by atoms with Crippen LogP contribution >= 0.6 is 0 Å². The van der Waals surface area contributed by atoms with Gasteiger partial charge in [-0.15, -0.1) is 0 Å². The lowest BCUT2D eigenvalue weighted by atomic mass is 9.94. The molecule has 0 aliphatic heterocycles. The van der Waals surface area contributed by atoms with E-state index in [0.717, 1.165) is 33.8 Å². The summed E-state index contributed by atoms with van der Waals surface area (Å²) < 4.78 is 2.48. The fourth-order valence-electron chi connectivity index (χ4n) is 8.83. The van der Waals surface area contributed by atoms with Crippen molar-refractivity contribution in [3.05, 3.63) is 231 Å². The van der Waals surface area contributed by atoms with Gasteiger partial charge in [-0.3, -0.25) is 0 Å². The highest BCUT2D eigenvalue weighted by atomic mass is 15.2. The maximum absolute atomic E-state index is 2.48. The molecule has 0 saturated heterocycles. The van der Waals surface area contributed by atoms with Crippen LogP contribution < -0.4 is 4.90 Å². The first-order valence-corrected chi connectivity index (χ1v) is 19.9. The van der Waals surface area contributed by atoms with Gasteiger partial charge in [-0.1, -0.05) is 170 Å². The van der Waals surface area contributed by atoms with Crippen molar-refractivity contribution in [2.45, 2.75) is 0 Å². The number of hydrogen-bond acceptors (Lipinski definition) is 1. The second-order valence-electron chi connectivity index (χ2n) is 14.9. The van der Waals surface area contributed by atoms with Crippen LogP contribution in [0.1, 0.15) is 0 Å². The Kier molecular flexibility index (Phi) is 8.19. The van der Waals surface area contributed by atoms with Crippen LogP contribution in [0.2, 0.25) is 0 Å². The molecule has 11 aromatic rings. The molecule has 2 heteroatoms. The number of anilines is 3. The normalized spacial score (nSPS) is 11.4. The van der Waals surface area contributed by atoms with Crippen molar-refractivity contribution < 1.29 is 0 Å². The third kappa shape index (κ3) is 5.74. The van der Waals surface area contributed by atoms with Gasteiger partial charge in [0.05, 0.1) is 28.1 Å². The van der Waals surface area contributed by atoms with Crippen LogP contribution in [0.5, 0.6) is 0 Å². The lowest BCUT2D eigenvalue weighted by Gasteiger charge is -2.28. The van der Waals surface area contributed by atoms with Crippen molar-refractivity contribution in [2.24, 2.45) is 0 Å². The second-order valence-corrected chi connectivity index (χ2v) is 14.9. The first kappa shape index (κ1) is 33.6. The third-order valence-electron chi connectivity index (χ3n) is 11.5. The average molecular weight is 739 g/mol. The van der Waals surface area contributed by atoms with E-state index in [2.05, 4.69) is 240 Å². The summed E-state index contributed by atoms with van der Waals surface area (Å²) in [5.41, 5.74) is 13.9. The lowest BCUT2D eigenvalue weighted by molar-refractivity contribution is 1.18. The molecule has 0 atom stereocenters. The number of fused-ring (bicyclic) bond motifs is 5. The Labute approximate surface area is 338 Å². The molecule has 0 spiro atoms. The minimum Gasteiger partial charge on any atom is -0.309 e. The van der Waals surface area contributed by atoms with Gasteiger partial charge in [-0.25, -0.2) is 0 Å². The van der Waals surface area contributed by atoms with Crippen LogP contribution in [0, 0.1) is 0 Å². The molecule has 1 heterocycles. The minimum absolute atomic E-state index is 1.10. The van der Waals surface area contributed by atoms with Crippen molar-refractivity contribution in [1.82, 2.24) is 4.57 Å². The van der Waals surface area contributed by atoms with E-state index in [1.807, 2.05) is 0 Å². The largest absolute Gasteiger partial charge is 0.309 e. The summed E-state index contributed by atoms with van der Waals surface area (Å²) >= 11 is 0. The molecular formula is C56H38N2. The predicted octanol–water partition coefficient (Wildman–Crippen LogP) is 15.6. The highest BCUT2D eigenvalue weighted by Gasteiger charge is 2.24. The van der Waals surface area contributed by atoms with E-state index in [1.54, 1.807) is 0 Å². The van der Waals surface area contributed by atoms with Gasteiger partial charge in [0.25, 0.3) is 0 Å². The molecule has 2 nitrogen and oxygen atoms in total. The lowest BCUT2D eigenvalue weighted by Crippen LogP contribution is -2.11.